The fraction of sp³-hybridized carbons (Fsp3) is 0.158. The molecule has 5 heteroatoms. The molecule has 5 nitrogen and oxygen atoms in total. The molecule has 122 valence electrons. The van der Waals surface area contributed by atoms with Gasteiger partial charge in [-0.05, 0) is 35.6 Å². The summed E-state index contributed by atoms with van der Waals surface area (Å²) in [6, 6.07) is 17.2. The number of carbonyl (C=O) groups excluding carboxylic acids is 2. The Kier molecular flexibility index (Phi) is 4.72. The van der Waals surface area contributed by atoms with E-state index in [4.69, 9.17) is 5.21 Å². The summed E-state index contributed by atoms with van der Waals surface area (Å²) in [7, 11) is 0. The molecule has 1 aliphatic carbocycles. The number of anilines is 1. The van der Waals surface area contributed by atoms with E-state index in [-0.39, 0.29) is 17.7 Å². The summed E-state index contributed by atoms with van der Waals surface area (Å²) in [6.07, 6.45) is 3.60. The van der Waals surface area contributed by atoms with Crippen LogP contribution in [0.1, 0.15) is 23.5 Å². The predicted octanol–water partition coefficient (Wildman–Crippen LogP) is 2.95. The molecule has 24 heavy (non-hydrogen) atoms. The molecule has 2 amide bonds. The molecule has 3 rings (SSSR count). The van der Waals surface area contributed by atoms with Crippen LogP contribution in [-0.4, -0.2) is 17.0 Å². The van der Waals surface area contributed by atoms with Crippen molar-refractivity contribution < 1.29 is 14.8 Å². The first-order valence-electron chi connectivity index (χ1n) is 7.76. The van der Waals surface area contributed by atoms with E-state index in [1.54, 1.807) is 18.2 Å². The van der Waals surface area contributed by atoms with E-state index >= 15 is 0 Å². The molecule has 0 bridgehead atoms. The minimum absolute atomic E-state index is 0.0173. The second-order valence-corrected chi connectivity index (χ2v) is 5.75. The maximum Gasteiger partial charge on any atom is 0.267 e. The van der Waals surface area contributed by atoms with Crippen LogP contribution in [0, 0.1) is 5.92 Å². The summed E-state index contributed by atoms with van der Waals surface area (Å²) in [6.45, 7) is 0. The molecule has 0 heterocycles. The number of hydrogen-bond donors (Lipinski definition) is 3. The second kappa shape index (κ2) is 7.10. The summed E-state index contributed by atoms with van der Waals surface area (Å²) >= 11 is 0. The fourth-order valence-corrected chi connectivity index (χ4v) is 2.74. The summed E-state index contributed by atoms with van der Waals surface area (Å²) in [4.78, 5) is 23.6. The predicted molar refractivity (Wildman–Crippen MR) is 91.3 cm³/mol. The Hall–Kier alpha value is -2.92. The van der Waals surface area contributed by atoms with Crippen LogP contribution in [0.15, 0.2) is 60.7 Å². The van der Waals surface area contributed by atoms with Crippen LogP contribution in [-0.2, 0) is 9.59 Å². The van der Waals surface area contributed by atoms with Gasteiger partial charge in [0.1, 0.15) is 0 Å². The van der Waals surface area contributed by atoms with E-state index in [0.29, 0.717) is 11.3 Å². The maximum absolute atomic E-state index is 12.5. The van der Waals surface area contributed by atoms with E-state index in [0.717, 1.165) is 6.42 Å². The van der Waals surface area contributed by atoms with Crippen molar-refractivity contribution in [3.8, 4) is 0 Å². The molecule has 0 aliphatic heterocycles. The molecule has 1 fully saturated rings. The third-order valence-electron chi connectivity index (χ3n) is 4.10. The van der Waals surface area contributed by atoms with Gasteiger partial charge >= 0.3 is 0 Å². The van der Waals surface area contributed by atoms with Crippen molar-refractivity contribution in [2.24, 2.45) is 5.92 Å². The average Bonchev–Trinajstić information content (AvgIpc) is 3.42. The first-order chi connectivity index (χ1) is 11.7. The molecule has 3 N–H and O–H groups in total. The lowest BCUT2D eigenvalue weighted by Gasteiger charge is -2.08. The van der Waals surface area contributed by atoms with Gasteiger partial charge in [-0.2, -0.15) is 0 Å². The third kappa shape index (κ3) is 3.70. The SMILES string of the molecule is O=C(/C=C/c1ccccc1NC(=O)C1C[C@H]1c1ccccc1)NO. The topological polar surface area (TPSA) is 78.4 Å². The highest BCUT2D eigenvalue weighted by molar-refractivity contribution is 5.98. The molecule has 1 aliphatic rings. The van der Waals surface area contributed by atoms with Crippen LogP contribution >= 0.6 is 0 Å². The summed E-state index contributed by atoms with van der Waals surface area (Å²) < 4.78 is 0. The zero-order valence-electron chi connectivity index (χ0n) is 13.0. The minimum Gasteiger partial charge on any atom is -0.325 e. The van der Waals surface area contributed by atoms with Gasteiger partial charge in [-0.1, -0.05) is 48.5 Å². The van der Waals surface area contributed by atoms with Crippen molar-refractivity contribution in [1.82, 2.24) is 5.48 Å². The number of hydroxylamine groups is 1. The largest absolute Gasteiger partial charge is 0.325 e. The standard InChI is InChI=1S/C19H18N2O3/c22-18(21-24)11-10-14-8-4-5-9-17(14)20-19(23)16-12-15(16)13-6-2-1-3-7-13/h1-11,15-16,24H,12H2,(H,20,23)(H,21,22)/b11-10+/t15-,16?/m0/s1. The van der Waals surface area contributed by atoms with Crippen molar-refractivity contribution in [1.29, 1.82) is 0 Å². The van der Waals surface area contributed by atoms with E-state index in [1.165, 1.54) is 17.1 Å². The van der Waals surface area contributed by atoms with Gasteiger partial charge in [0.25, 0.3) is 5.91 Å². The lowest BCUT2D eigenvalue weighted by molar-refractivity contribution is -0.124. The van der Waals surface area contributed by atoms with Crippen molar-refractivity contribution in [3.05, 3.63) is 71.8 Å². The number of benzene rings is 2. The molecule has 1 unspecified atom stereocenters. The molecule has 1 saturated carbocycles. The maximum atomic E-state index is 12.5. The first-order valence-corrected chi connectivity index (χ1v) is 7.76. The van der Waals surface area contributed by atoms with Gasteiger partial charge < -0.3 is 5.32 Å². The van der Waals surface area contributed by atoms with Crippen LogP contribution in [0.5, 0.6) is 0 Å². The Morgan fingerprint density at radius 2 is 1.75 bits per heavy atom. The van der Waals surface area contributed by atoms with Crippen molar-refractivity contribution in [3.63, 3.8) is 0 Å². The van der Waals surface area contributed by atoms with Crippen LogP contribution in [0.25, 0.3) is 6.08 Å². The van der Waals surface area contributed by atoms with E-state index < -0.39 is 5.91 Å². The smallest absolute Gasteiger partial charge is 0.267 e. The number of carbonyl (C=O) groups is 2. The monoisotopic (exact) mass is 322 g/mol. The van der Waals surface area contributed by atoms with Crippen molar-refractivity contribution >= 4 is 23.6 Å². The number of para-hydroxylation sites is 1. The highest BCUT2D eigenvalue weighted by Crippen LogP contribution is 2.47. The number of rotatable bonds is 5. The van der Waals surface area contributed by atoms with Crippen LogP contribution < -0.4 is 10.8 Å². The minimum atomic E-state index is -0.623. The van der Waals surface area contributed by atoms with Crippen molar-refractivity contribution in [2.45, 2.75) is 12.3 Å². The summed E-state index contributed by atoms with van der Waals surface area (Å²) in [5, 5.41) is 11.5. The second-order valence-electron chi connectivity index (χ2n) is 5.75. The van der Waals surface area contributed by atoms with Crippen LogP contribution in [0.4, 0.5) is 5.69 Å². The summed E-state index contributed by atoms with van der Waals surface area (Å²) in [5.74, 6) is -0.391. The Balaban J connectivity index is 1.68. The molecule has 0 aromatic heterocycles. The van der Waals surface area contributed by atoms with Gasteiger partial charge in [-0.15, -0.1) is 0 Å². The lowest BCUT2D eigenvalue weighted by Crippen LogP contribution is -2.16. The highest BCUT2D eigenvalue weighted by atomic mass is 16.5. The molecule has 2 aromatic rings. The fourth-order valence-electron chi connectivity index (χ4n) is 2.74. The molecular weight excluding hydrogens is 304 g/mol. The molecule has 2 atom stereocenters. The summed E-state index contributed by atoms with van der Waals surface area (Å²) in [5.41, 5.74) is 4.06. The van der Waals surface area contributed by atoms with E-state index in [1.807, 2.05) is 42.5 Å². The number of nitrogens with one attached hydrogen (secondary N) is 2. The third-order valence-corrected chi connectivity index (χ3v) is 4.10. The van der Waals surface area contributed by atoms with Gasteiger partial charge in [0.05, 0.1) is 0 Å². The zero-order valence-corrected chi connectivity index (χ0v) is 13.0. The molecule has 0 saturated heterocycles. The molecule has 0 spiro atoms. The number of hydrogen-bond acceptors (Lipinski definition) is 3. The van der Waals surface area contributed by atoms with Gasteiger partial charge in [0.2, 0.25) is 5.91 Å². The highest BCUT2D eigenvalue weighted by Gasteiger charge is 2.43. The van der Waals surface area contributed by atoms with Gasteiger partial charge in [0, 0.05) is 17.7 Å². The average molecular weight is 322 g/mol. The van der Waals surface area contributed by atoms with Gasteiger partial charge in [-0.25, -0.2) is 5.48 Å². The van der Waals surface area contributed by atoms with Gasteiger partial charge in [0.15, 0.2) is 0 Å². The first kappa shape index (κ1) is 16.0. The van der Waals surface area contributed by atoms with E-state index in [9.17, 15) is 9.59 Å². The Morgan fingerprint density at radius 1 is 1.04 bits per heavy atom. The Labute approximate surface area is 140 Å². The van der Waals surface area contributed by atoms with Crippen LogP contribution in [0.2, 0.25) is 0 Å². The molecule has 0 radical (unpaired) electrons. The Bertz CT molecular complexity index is 771. The molecular formula is C19H18N2O3. The molecule has 2 aromatic carbocycles. The van der Waals surface area contributed by atoms with Crippen molar-refractivity contribution in [2.75, 3.05) is 5.32 Å². The Morgan fingerprint density at radius 3 is 2.50 bits per heavy atom. The number of amides is 2. The van der Waals surface area contributed by atoms with Crippen LogP contribution in [0.3, 0.4) is 0 Å². The lowest BCUT2D eigenvalue weighted by atomic mass is 10.1. The van der Waals surface area contributed by atoms with Gasteiger partial charge in [-0.3, -0.25) is 14.8 Å². The normalized spacial score (nSPS) is 19.0. The zero-order chi connectivity index (χ0) is 16.9. The van der Waals surface area contributed by atoms with E-state index in [2.05, 4.69) is 5.32 Å². The quantitative estimate of drug-likeness (QED) is 0.450.